The quantitative estimate of drug-likeness (QED) is 0.906. The zero-order valence-corrected chi connectivity index (χ0v) is 12.6. The molecule has 1 fully saturated rings. The number of nitrogens with one attached hydrogen (secondary N) is 2. The molecular formula is C13H14Cl2N4O2. The van der Waals surface area contributed by atoms with Gasteiger partial charge in [0, 0.05) is 25.1 Å². The number of H-pyrrole nitrogens is 1. The Kier molecular flexibility index (Phi) is 4.19. The van der Waals surface area contributed by atoms with Gasteiger partial charge in [0.05, 0.1) is 17.8 Å². The zero-order valence-electron chi connectivity index (χ0n) is 11.1. The first kappa shape index (κ1) is 14.4. The van der Waals surface area contributed by atoms with Crippen LogP contribution in [0.5, 0.6) is 0 Å². The van der Waals surface area contributed by atoms with Crippen molar-refractivity contribution in [1.29, 1.82) is 0 Å². The number of anilines is 1. The fraction of sp³-hybridized carbons (Fsp3) is 0.385. The number of aromatic nitrogens is 3. The van der Waals surface area contributed by atoms with Gasteiger partial charge in [0.1, 0.15) is 16.7 Å². The highest BCUT2D eigenvalue weighted by Crippen LogP contribution is 2.23. The normalized spacial score (nSPS) is 18.1. The minimum atomic E-state index is -0.312. The van der Waals surface area contributed by atoms with E-state index in [0.717, 1.165) is 26.2 Å². The molecule has 2 aromatic heterocycles. The van der Waals surface area contributed by atoms with Crippen molar-refractivity contribution < 1.29 is 9.53 Å². The van der Waals surface area contributed by atoms with Crippen molar-refractivity contribution in [1.82, 2.24) is 14.8 Å². The van der Waals surface area contributed by atoms with Crippen molar-refractivity contribution in [2.45, 2.75) is 13.0 Å². The van der Waals surface area contributed by atoms with Gasteiger partial charge in [-0.1, -0.05) is 23.2 Å². The number of ether oxygens (including phenoxy) is 1. The van der Waals surface area contributed by atoms with Crippen molar-refractivity contribution >= 4 is 34.9 Å². The van der Waals surface area contributed by atoms with Crippen molar-refractivity contribution in [3.8, 4) is 0 Å². The van der Waals surface area contributed by atoms with Crippen molar-refractivity contribution in [3.05, 3.63) is 34.2 Å². The molecular weight excluding hydrogens is 315 g/mol. The molecule has 8 heteroatoms. The van der Waals surface area contributed by atoms with Crippen molar-refractivity contribution in [2.75, 3.05) is 18.5 Å². The molecule has 0 aromatic carbocycles. The van der Waals surface area contributed by atoms with Crippen LogP contribution in [0.1, 0.15) is 16.9 Å². The number of aromatic amines is 1. The molecule has 1 atom stereocenters. The summed E-state index contributed by atoms with van der Waals surface area (Å²) in [6.07, 6.45) is 2.66. The molecule has 0 saturated carbocycles. The molecule has 6 nitrogen and oxygen atoms in total. The van der Waals surface area contributed by atoms with Crippen molar-refractivity contribution in [3.63, 3.8) is 0 Å². The van der Waals surface area contributed by atoms with E-state index in [1.54, 1.807) is 16.9 Å². The lowest BCUT2D eigenvalue weighted by atomic mass is 10.1. The number of hydrogen-bond donors (Lipinski definition) is 2. The van der Waals surface area contributed by atoms with E-state index in [2.05, 4.69) is 15.4 Å². The van der Waals surface area contributed by atoms with Crippen LogP contribution in [0.3, 0.4) is 0 Å². The molecule has 2 aromatic rings. The monoisotopic (exact) mass is 328 g/mol. The lowest BCUT2D eigenvalue weighted by Gasteiger charge is -2.11. The van der Waals surface area contributed by atoms with E-state index in [4.69, 9.17) is 27.9 Å². The van der Waals surface area contributed by atoms with Gasteiger partial charge >= 0.3 is 0 Å². The molecule has 1 aliphatic heterocycles. The Morgan fingerprint density at radius 1 is 1.57 bits per heavy atom. The third-order valence-corrected chi connectivity index (χ3v) is 4.08. The minimum Gasteiger partial charge on any atom is -0.381 e. The highest BCUT2D eigenvalue weighted by Gasteiger charge is 2.19. The summed E-state index contributed by atoms with van der Waals surface area (Å²) in [6, 6.07) is 3.24. The summed E-state index contributed by atoms with van der Waals surface area (Å²) in [7, 11) is 0. The van der Waals surface area contributed by atoms with Crippen LogP contribution in [-0.4, -0.2) is 33.9 Å². The van der Waals surface area contributed by atoms with Crippen LogP contribution in [0.4, 0.5) is 5.82 Å². The Balaban J connectivity index is 1.69. The van der Waals surface area contributed by atoms with Gasteiger partial charge in [-0.2, -0.15) is 5.10 Å². The number of hydrogen-bond acceptors (Lipinski definition) is 3. The number of carbonyl (C=O) groups is 1. The second kappa shape index (κ2) is 6.09. The van der Waals surface area contributed by atoms with Gasteiger partial charge in [0.2, 0.25) is 0 Å². The number of carbonyl (C=O) groups excluding carboxylic acids is 1. The van der Waals surface area contributed by atoms with Gasteiger partial charge in [0.15, 0.2) is 0 Å². The molecule has 2 N–H and O–H groups in total. The molecule has 0 aliphatic carbocycles. The van der Waals surface area contributed by atoms with E-state index >= 15 is 0 Å². The molecule has 1 amide bonds. The SMILES string of the molecule is O=C(Nc1ccnn1CC1CCOC1)c1cc(Cl)c(Cl)[nH]1. The van der Waals surface area contributed by atoms with Crippen LogP contribution < -0.4 is 5.32 Å². The van der Waals surface area contributed by atoms with E-state index in [1.807, 2.05) is 0 Å². The maximum Gasteiger partial charge on any atom is 0.273 e. The second-order valence-corrected chi connectivity index (χ2v) is 5.71. The summed E-state index contributed by atoms with van der Waals surface area (Å²) < 4.78 is 7.12. The van der Waals surface area contributed by atoms with Crippen LogP contribution in [0.15, 0.2) is 18.3 Å². The summed E-state index contributed by atoms with van der Waals surface area (Å²) in [5.74, 6) is 0.747. The maximum absolute atomic E-state index is 12.1. The summed E-state index contributed by atoms with van der Waals surface area (Å²) in [5, 5.41) is 7.59. The Morgan fingerprint density at radius 2 is 2.43 bits per heavy atom. The maximum atomic E-state index is 12.1. The molecule has 3 rings (SSSR count). The summed E-state index contributed by atoms with van der Waals surface area (Å²) in [4.78, 5) is 14.9. The molecule has 21 heavy (non-hydrogen) atoms. The molecule has 1 aliphatic rings. The van der Waals surface area contributed by atoms with Crippen LogP contribution in [-0.2, 0) is 11.3 Å². The smallest absolute Gasteiger partial charge is 0.273 e. The van der Waals surface area contributed by atoms with Gasteiger partial charge in [0.25, 0.3) is 5.91 Å². The van der Waals surface area contributed by atoms with Gasteiger partial charge in [-0.15, -0.1) is 0 Å². The first-order valence-corrected chi connectivity index (χ1v) is 7.34. The Hall–Kier alpha value is -1.50. The Morgan fingerprint density at radius 3 is 3.10 bits per heavy atom. The van der Waals surface area contributed by atoms with E-state index in [-0.39, 0.29) is 11.1 Å². The number of halogens is 2. The lowest BCUT2D eigenvalue weighted by molar-refractivity contribution is 0.102. The predicted octanol–water partition coefficient (Wildman–Crippen LogP) is 2.81. The van der Waals surface area contributed by atoms with Gasteiger partial charge < -0.3 is 15.0 Å². The van der Waals surface area contributed by atoms with Crippen LogP contribution in [0.25, 0.3) is 0 Å². The van der Waals surface area contributed by atoms with Crippen LogP contribution in [0, 0.1) is 5.92 Å². The van der Waals surface area contributed by atoms with Crippen LogP contribution >= 0.6 is 23.2 Å². The standard InChI is InChI=1S/C13H14Cl2N4O2/c14-9-5-10(17-12(9)15)13(20)18-11-1-3-16-19(11)6-8-2-4-21-7-8/h1,3,5,8,17H,2,4,6-7H2,(H,18,20). The number of nitrogens with zero attached hydrogens (tertiary/aromatic N) is 2. The summed E-state index contributed by atoms with van der Waals surface area (Å²) in [5.41, 5.74) is 0.307. The predicted molar refractivity (Wildman–Crippen MR) is 79.9 cm³/mol. The first-order chi connectivity index (χ1) is 10.1. The largest absolute Gasteiger partial charge is 0.381 e. The van der Waals surface area contributed by atoms with E-state index in [0.29, 0.717) is 22.5 Å². The first-order valence-electron chi connectivity index (χ1n) is 6.58. The fourth-order valence-electron chi connectivity index (χ4n) is 2.27. The van der Waals surface area contributed by atoms with Crippen molar-refractivity contribution in [2.24, 2.45) is 5.92 Å². The van der Waals surface area contributed by atoms with Gasteiger partial charge in [-0.05, 0) is 12.5 Å². The topological polar surface area (TPSA) is 71.9 Å². The highest BCUT2D eigenvalue weighted by molar-refractivity contribution is 6.41. The van der Waals surface area contributed by atoms with E-state index in [9.17, 15) is 4.79 Å². The highest BCUT2D eigenvalue weighted by atomic mass is 35.5. The zero-order chi connectivity index (χ0) is 14.8. The number of amides is 1. The lowest BCUT2D eigenvalue weighted by Crippen LogP contribution is -2.19. The summed E-state index contributed by atoms with van der Waals surface area (Å²) in [6.45, 7) is 2.23. The van der Waals surface area contributed by atoms with Crippen LogP contribution in [0.2, 0.25) is 10.2 Å². The van der Waals surface area contributed by atoms with Gasteiger partial charge in [-0.3, -0.25) is 4.79 Å². The number of rotatable bonds is 4. The molecule has 0 bridgehead atoms. The average molecular weight is 329 g/mol. The molecule has 112 valence electrons. The minimum absolute atomic E-state index is 0.249. The third-order valence-electron chi connectivity index (χ3n) is 3.38. The Labute approximate surface area is 131 Å². The molecule has 1 saturated heterocycles. The van der Waals surface area contributed by atoms with E-state index in [1.165, 1.54) is 6.07 Å². The third kappa shape index (κ3) is 3.23. The fourth-order valence-corrected chi connectivity index (χ4v) is 2.58. The molecule has 1 unspecified atom stereocenters. The summed E-state index contributed by atoms with van der Waals surface area (Å²) >= 11 is 11.6. The van der Waals surface area contributed by atoms with Gasteiger partial charge in [-0.25, -0.2) is 4.68 Å². The van der Waals surface area contributed by atoms with E-state index < -0.39 is 0 Å². The molecule has 0 spiro atoms. The Bertz CT molecular complexity index is 627. The second-order valence-electron chi connectivity index (χ2n) is 4.93. The average Bonchev–Trinajstić information content (AvgIpc) is 3.16. The molecule has 0 radical (unpaired) electrons. The molecule has 3 heterocycles.